The monoisotopic (exact) mass is 415 g/mol. The van der Waals surface area contributed by atoms with Crippen LogP contribution in [-0.4, -0.2) is 34.0 Å². The molecule has 0 saturated heterocycles. The zero-order valence-corrected chi connectivity index (χ0v) is 16.5. The van der Waals surface area contributed by atoms with Crippen molar-refractivity contribution in [2.75, 3.05) is 24.4 Å². The quantitative estimate of drug-likeness (QED) is 0.549. The van der Waals surface area contributed by atoms with Gasteiger partial charge in [-0.2, -0.15) is 0 Å². The smallest absolute Gasteiger partial charge is 0.262 e. The summed E-state index contributed by atoms with van der Waals surface area (Å²) in [5.41, 5.74) is 0.0706. The molecule has 0 aliphatic rings. The van der Waals surface area contributed by atoms with E-state index in [0.717, 1.165) is 19.0 Å². The van der Waals surface area contributed by atoms with Crippen LogP contribution < -0.4 is 15.4 Å². The number of carbonyl (C=O) groups excluding carboxylic acids is 1. The lowest BCUT2D eigenvalue weighted by Crippen LogP contribution is -2.32. The first-order chi connectivity index (χ1) is 12.4. The second-order valence-electron chi connectivity index (χ2n) is 5.62. The fourth-order valence-corrected chi connectivity index (χ4v) is 3.33. The number of carbonyl (C=O) groups is 1. The van der Waals surface area contributed by atoms with Crippen molar-refractivity contribution < 1.29 is 17.6 Å². The van der Waals surface area contributed by atoms with E-state index in [1.54, 1.807) is 0 Å². The van der Waals surface area contributed by atoms with Crippen LogP contribution >= 0.6 is 12.4 Å². The molecule has 3 N–H and O–H groups in total. The van der Waals surface area contributed by atoms with E-state index in [0.29, 0.717) is 13.1 Å². The molecule has 0 fully saturated rings. The van der Waals surface area contributed by atoms with E-state index >= 15 is 0 Å². The zero-order chi connectivity index (χ0) is 19.0. The van der Waals surface area contributed by atoms with E-state index in [9.17, 15) is 17.6 Å². The molecule has 2 rings (SSSR count). The Kier molecular flexibility index (Phi) is 9.20. The predicted octanol–water partition coefficient (Wildman–Crippen LogP) is 2.78. The fraction of sp³-hybridized carbons (Fsp3) is 0.278. The van der Waals surface area contributed by atoms with Gasteiger partial charge in [0.25, 0.3) is 15.9 Å². The molecule has 0 atom stereocenters. The van der Waals surface area contributed by atoms with Gasteiger partial charge in [-0.25, -0.2) is 12.8 Å². The summed E-state index contributed by atoms with van der Waals surface area (Å²) in [5, 5.41) is 5.87. The number of hydrogen-bond acceptors (Lipinski definition) is 4. The van der Waals surface area contributed by atoms with Gasteiger partial charge in [-0.1, -0.05) is 25.1 Å². The summed E-state index contributed by atoms with van der Waals surface area (Å²) in [4.78, 5) is 12.0. The molecule has 0 bridgehead atoms. The maximum absolute atomic E-state index is 13.7. The van der Waals surface area contributed by atoms with Crippen molar-refractivity contribution in [1.82, 2.24) is 10.6 Å². The molecule has 0 heterocycles. The highest BCUT2D eigenvalue weighted by Gasteiger charge is 2.18. The summed E-state index contributed by atoms with van der Waals surface area (Å²) in [6.45, 7) is 3.98. The SMILES string of the molecule is CCCNCCNC(=O)c1cccc(S(=O)(=O)Nc2ccccc2F)c1.Cl. The first kappa shape index (κ1) is 22.9. The van der Waals surface area contributed by atoms with Crippen LogP contribution in [-0.2, 0) is 10.0 Å². The molecule has 0 aliphatic carbocycles. The number of benzene rings is 2. The Balaban J connectivity index is 0.00000364. The van der Waals surface area contributed by atoms with Crippen LogP contribution in [0.2, 0.25) is 0 Å². The number of anilines is 1. The standard InChI is InChI=1S/C18H22FN3O3S.ClH/c1-2-10-20-11-12-21-18(23)14-6-5-7-15(13-14)26(24,25)22-17-9-4-3-8-16(17)19;/h3-9,13,20,22H,2,10-12H2,1H3,(H,21,23);1H. The molecule has 0 radical (unpaired) electrons. The molecule has 0 unspecified atom stereocenters. The molecule has 9 heteroatoms. The van der Waals surface area contributed by atoms with Crippen LogP contribution in [0.25, 0.3) is 0 Å². The predicted molar refractivity (Wildman–Crippen MR) is 106 cm³/mol. The normalized spacial score (nSPS) is 10.7. The minimum absolute atomic E-state index is 0. The Bertz CT molecular complexity index is 862. The van der Waals surface area contributed by atoms with E-state index in [-0.39, 0.29) is 34.5 Å². The minimum Gasteiger partial charge on any atom is -0.351 e. The number of halogens is 2. The van der Waals surface area contributed by atoms with Gasteiger partial charge >= 0.3 is 0 Å². The third kappa shape index (κ3) is 6.82. The van der Waals surface area contributed by atoms with Crippen LogP contribution in [0.15, 0.2) is 53.4 Å². The molecule has 27 heavy (non-hydrogen) atoms. The second-order valence-corrected chi connectivity index (χ2v) is 7.30. The summed E-state index contributed by atoms with van der Waals surface area (Å²) in [7, 11) is -4.01. The maximum Gasteiger partial charge on any atom is 0.262 e. The first-order valence-corrected chi connectivity index (χ1v) is 9.78. The summed E-state index contributed by atoms with van der Waals surface area (Å²) in [6, 6.07) is 11.1. The lowest BCUT2D eigenvalue weighted by Gasteiger charge is -2.10. The number of hydrogen-bond donors (Lipinski definition) is 3. The maximum atomic E-state index is 13.7. The van der Waals surface area contributed by atoms with Gasteiger partial charge in [0.05, 0.1) is 10.6 Å². The van der Waals surface area contributed by atoms with E-state index in [2.05, 4.69) is 15.4 Å². The van der Waals surface area contributed by atoms with Crippen molar-refractivity contribution >= 4 is 34.0 Å². The first-order valence-electron chi connectivity index (χ1n) is 8.30. The molecule has 148 valence electrons. The molecular weight excluding hydrogens is 393 g/mol. The topological polar surface area (TPSA) is 87.3 Å². The van der Waals surface area contributed by atoms with Gasteiger partial charge in [0.15, 0.2) is 0 Å². The largest absolute Gasteiger partial charge is 0.351 e. The highest BCUT2D eigenvalue weighted by atomic mass is 35.5. The van der Waals surface area contributed by atoms with Crippen molar-refractivity contribution in [2.24, 2.45) is 0 Å². The van der Waals surface area contributed by atoms with Crippen molar-refractivity contribution in [1.29, 1.82) is 0 Å². The third-order valence-corrected chi connectivity index (χ3v) is 4.90. The van der Waals surface area contributed by atoms with Crippen molar-refractivity contribution in [3.05, 3.63) is 59.9 Å². The molecule has 6 nitrogen and oxygen atoms in total. The Hall–Kier alpha value is -2.16. The minimum atomic E-state index is -4.01. The van der Waals surface area contributed by atoms with Crippen LogP contribution in [0, 0.1) is 5.82 Å². The Morgan fingerprint density at radius 2 is 1.78 bits per heavy atom. The molecule has 2 aromatic rings. The Morgan fingerprint density at radius 1 is 1.04 bits per heavy atom. The van der Waals surface area contributed by atoms with Crippen molar-refractivity contribution in [3.8, 4) is 0 Å². The van der Waals surface area contributed by atoms with Crippen LogP contribution in [0.4, 0.5) is 10.1 Å². The van der Waals surface area contributed by atoms with Crippen LogP contribution in [0.1, 0.15) is 23.7 Å². The van der Waals surface area contributed by atoms with E-state index in [4.69, 9.17) is 0 Å². The van der Waals surface area contributed by atoms with Crippen molar-refractivity contribution in [3.63, 3.8) is 0 Å². The van der Waals surface area contributed by atoms with Crippen LogP contribution in [0.5, 0.6) is 0 Å². The second kappa shape index (κ2) is 10.9. The summed E-state index contributed by atoms with van der Waals surface area (Å²) in [5.74, 6) is -1.05. The molecular formula is C18H23ClFN3O3S. The van der Waals surface area contributed by atoms with E-state index in [1.165, 1.54) is 42.5 Å². The summed E-state index contributed by atoms with van der Waals surface area (Å²) >= 11 is 0. The lowest BCUT2D eigenvalue weighted by atomic mass is 10.2. The molecule has 1 amide bonds. The number of amides is 1. The van der Waals surface area contributed by atoms with Gasteiger partial charge in [0.1, 0.15) is 5.82 Å². The Morgan fingerprint density at radius 3 is 2.48 bits per heavy atom. The Labute approximate surface area is 165 Å². The van der Waals surface area contributed by atoms with E-state index in [1.807, 2.05) is 6.92 Å². The average Bonchev–Trinajstić information content (AvgIpc) is 2.63. The highest BCUT2D eigenvalue weighted by Crippen LogP contribution is 2.19. The third-order valence-electron chi connectivity index (χ3n) is 3.54. The number of para-hydroxylation sites is 1. The van der Waals surface area contributed by atoms with Gasteiger partial charge in [0.2, 0.25) is 0 Å². The average molecular weight is 416 g/mol. The van der Waals surface area contributed by atoms with Gasteiger partial charge in [-0.15, -0.1) is 12.4 Å². The lowest BCUT2D eigenvalue weighted by molar-refractivity contribution is 0.0953. The zero-order valence-electron chi connectivity index (χ0n) is 14.9. The molecule has 0 saturated carbocycles. The van der Waals surface area contributed by atoms with Gasteiger partial charge in [-0.3, -0.25) is 9.52 Å². The molecule has 0 aromatic heterocycles. The number of nitrogens with one attached hydrogen (secondary N) is 3. The highest BCUT2D eigenvalue weighted by molar-refractivity contribution is 7.92. The van der Waals surface area contributed by atoms with Crippen LogP contribution in [0.3, 0.4) is 0 Å². The van der Waals surface area contributed by atoms with Gasteiger partial charge in [-0.05, 0) is 43.3 Å². The number of rotatable bonds is 9. The van der Waals surface area contributed by atoms with Gasteiger partial charge < -0.3 is 10.6 Å². The molecule has 2 aromatic carbocycles. The number of sulfonamides is 1. The van der Waals surface area contributed by atoms with Crippen molar-refractivity contribution in [2.45, 2.75) is 18.2 Å². The molecule has 0 spiro atoms. The van der Waals surface area contributed by atoms with Gasteiger partial charge in [0, 0.05) is 18.7 Å². The fourth-order valence-electron chi connectivity index (χ4n) is 2.22. The summed E-state index contributed by atoms with van der Waals surface area (Å²) < 4.78 is 40.7. The van der Waals surface area contributed by atoms with E-state index < -0.39 is 15.8 Å². The molecule has 0 aliphatic heterocycles. The summed E-state index contributed by atoms with van der Waals surface area (Å²) in [6.07, 6.45) is 1.00.